The van der Waals surface area contributed by atoms with Crippen LogP contribution in [0.4, 0.5) is 0 Å². The van der Waals surface area contributed by atoms with E-state index in [-0.39, 0.29) is 5.91 Å². The molecule has 0 spiro atoms. The number of rotatable bonds is 4. The van der Waals surface area contributed by atoms with Crippen LogP contribution in [0.15, 0.2) is 0 Å². The van der Waals surface area contributed by atoms with Crippen molar-refractivity contribution in [2.75, 3.05) is 40.3 Å². The summed E-state index contributed by atoms with van der Waals surface area (Å²) in [5, 5.41) is 0.981. The van der Waals surface area contributed by atoms with Crippen LogP contribution in [-0.2, 0) is 11.3 Å². The fourth-order valence-corrected chi connectivity index (χ4v) is 3.96. The maximum Gasteiger partial charge on any atom is 0.265 e. The lowest BCUT2D eigenvalue weighted by atomic mass is 10.2. The molecule has 1 aromatic rings. The minimum atomic E-state index is 0.0195. The maximum absolute atomic E-state index is 12.1. The van der Waals surface area contributed by atoms with Crippen molar-refractivity contribution in [2.24, 2.45) is 5.92 Å². The van der Waals surface area contributed by atoms with E-state index >= 15 is 0 Å². The van der Waals surface area contributed by atoms with Crippen LogP contribution in [-0.4, -0.2) is 71.8 Å². The summed E-state index contributed by atoms with van der Waals surface area (Å²) in [4.78, 5) is 35.4. The number of nitrogens with zero attached hydrogens (tertiary/aromatic N) is 4. The second-order valence-electron chi connectivity index (χ2n) is 6.60. The van der Waals surface area contributed by atoms with Crippen LogP contribution in [0.25, 0.3) is 0 Å². The third kappa shape index (κ3) is 3.72. The quantitative estimate of drug-likeness (QED) is 0.829. The Kier molecular flexibility index (Phi) is 4.68. The normalized spacial score (nSPS) is 19.0. The molecule has 7 heteroatoms. The van der Waals surface area contributed by atoms with Crippen molar-refractivity contribution < 1.29 is 9.59 Å². The van der Waals surface area contributed by atoms with Crippen molar-refractivity contribution in [3.8, 4) is 0 Å². The zero-order valence-corrected chi connectivity index (χ0v) is 14.9. The van der Waals surface area contributed by atoms with Gasteiger partial charge in [0.25, 0.3) is 5.91 Å². The molecular weight excluding hydrogens is 312 g/mol. The molecule has 1 aliphatic carbocycles. The number of carbonyl (C=O) groups is 2. The maximum atomic E-state index is 12.1. The molecule has 0 unspecified atom stereocenters. The van der Waals surface area contributed by atoms with E-state index in [1.807, 2.05) is 11.8 Å². The lowest BCUT2D eigenvalue weighted by molar-refractivity contribution is -0.134. The van der Waals surface area contributed by atoms with Crippen LogP contribution in [0.3, 0.4) is 0 Å². The summed E-state index contributed by atoms with van der Waals surface area (Å²) in [5.74, 6) is 0.669. The summed E-state index contributed by atoms with van der Waals surface area (Å²) in [6.45, 7) is 6.04. The van der Waals surface area contributed by atoms with Crippen molar-refractivity contribution in [2.45, 2.75) is 26.3 Å². The van der Waals surface area contributed by atoms with Crippen LogP contribution in [0, 0.1) is 12.8 Å². The highest BCUT2D eigenvalue weighted by molar-refractivity contribution is 7.13. The third-order valence-corrected chi connectivity index (χ3v) is 5.54. The lowest BCUT2D eigenvalue weighted by Crippen LogP contribution is -2.48. The van der Waals surface area contributed by atoms with Crippen molar-refractivity contribution in [1.82, 2.24) is 19.7 Å². The first-order valence-electron chi connectivity index (χ1n) is 8.15. The van der Waals surface area contributed by atoms with E-state index in [1.165, 1.54) is 11.3 Å². The molecule has 6 nitrogen and oxygen atoms in total. The molecule has 1 aliphatic heterocycles. The summed E-state index contributed by atoms with van der Waals surface area (Å²) in [6, 6.07) is 0. The lowest BCUT2D eigenvalue weighted by Gasteiger charge is -2.34. The number of carbonyl (C=O) groups excluding carboxylic acids is 2. The van der Waals surface area contributed by atoms with Gasteiger partial charge in [0.05, 0.1) is 12.2 Å². The highest BCUT2D eigenvalue weighted by Gasteiger charge is 2.34. The van der Waals surface area contributed by atoms with Crippen molar-refractivity contribution in [1.29, 1.82) is 0 Å². The summed E-state index contributed by atoms with van der Waals surface area (Å²) in [6.07, 6.45) is 2.14. The van der Waals surface area contributed by atoms with E-state index in [4.69, 9.17) is 0 Å². The van der Waals surface area contributed by atoms with Gasteiger partial charge in [-0.05, 0) is 19.8 Å². The van der Waals surface area contributed by atoms with Crippen LogP contribution < -0.4 is 0 Å². The van der Waals surface area contributed by atoms with E-state index in [0.29, 0.717) is 11.8 Å². The zero-order valence-electron chi connectivity index (χ0n) is 14.0. The monoisotopic (exact) mass is 336 g/mol. The van der Waals surface area contributed by atoms with E-state index < -0.39 is 0 Å². The standard InChI is InChI=1S/C16H24N4O2S/c1-11-14(16(22)18(2)3)23-13(17-11)10-19-6-8-20(9-7-19)15(21)12-4-5-12/h12H,4-10H2,1-3H3. The predicted octanol–water partition coefficient (Wildman–Crippen LogP) is 1.21. The Morgan fingerprint density at radius 1 is 1.22 bits per heavy atom. The van der Waals surface area contributed by atoms with E-state index in [2.05, 4.69) is 9.88 Å². The number of hydrogen-bond acceptors (Lipinski definition) is 5. The molecule has 126 valence electrons. The van der Waals surface area contributed by atoms with Gasteiger partial charge in [-0.1, -0.05) is 0 Å². The molecule has 0 atom stereocenters. The number of aryl methyl sites for hydroxylation is 1. The van der Waals surface area contributed by atoms with Gasteiger partial charge in [-0.2, -0.15) is 0 Å². The van der Waals surface area contributed by atoms with Gasteiger partial charge in [-0.25, -0.2) is 4.98 Å². The van der Waals surface area contributed by atoms with Crippen LogP contribution in [0.5, 0.6) is 0 Å². The third-order valence-electron chi connectivity index (χ3n) is 4.41. The Balaban J connectivity index is 1.55. The molecule has 3 rings (SSSR count). The molecular formula is C16H24N4O2S. The SMILES string of the molecule is Cc1nc(CN2CCN(C(=O)C3CC3)CC2)sc1C(=O)N(C)C. The fraction of sp³-hybridized carbons (Fsp3) is 0.688. The number of thiazole rings is 1. The number of amides is 2. The Labute approximate surface area is 141 Å². The highest BCUT2D eigenvalue weighted by Crippen LogP contribution is 2.31. The molecule has 0 N–H and O–H groups in total. The average Bonchev–Trinajstić information content (AvgIpc) is 3.31. The van der Waals surface area contributed by atoms with E-state index in [0.717, 1.165) is 61.1 Å². The van der Waals surface area contributed by atoms with Gasteiger partial charge in [0.1, 0.15) is 9.88 Å². The predicted molar refractivity (Wildman–Crippen MR) is 89.4 cm³/mol. The minimum Gasteiger partial charge on any atom is -0.344 e. The van der Waals surface area contributed by atoms with Gasteiger partial charge >= 0.3 is 0 Å². The molecule has 0 bridgehead atoms. The second kappa shape index (κ2) is 6.57. The van der Waals surface area contributed by atoms with Gasteiger partial charge in [-0.3, -0.25) is 14.5 Å². The van der Waals surface area contributed by atoms with Gasteiger partial charge in [-0.15, -0.1) is 11.3 Å². The molecule has 2 aliphatic rings. The first-order valence-corrected chi connectivity index (χ1v) is 8.96. The van der Waals surface area contributed by atoms with E-state index in [1.54, 1.807) is 19.0 Å². The molecule has 0 aromatic carbocycles. The summed E-state index contributed by atoms with van der Waals surface area (Å²) in [5.41, 5.74) is 0.811. The minimum absolute atomic E-state index is 0.0195. The van der Waals surface area contributed by atoms with Crippen molar-refractivity contribution >= 4 is 23.2 Å². The number of aromatic nitrogens is 1. The van der Waals surface area contributed by atoms with Gasteiger partial charge in [0.15, 0.2) is 0 Å². The first-order chi connectivity index (χ1) is 11.0. The Morgan fingerprint density at radius 3 is 2.43 bits per heavy atom. The highest BCUT2D eigenvalue weighted by atomic mass is 32.1. The van der Waals surface area contributed by atoms with Gasteiger partial charge < -0.3 is 9.80 Å². The Morgan fingerprint density at radius 2 is 1.87 bits per heavy atom. The molecule has 23 heavy (non-hydrogen) atoms. The summed E-state index contributed by atoms with van der Waals surface area (Å²) in [7, 11) is 3.52. The van der Waals surface area contributed by atoms with E-state index in [9.17, 15) is 9.59 Å². The molecule has 1 saturated heterocycles. The summed E-state index contributed by atoms with van der Waals surface area (Å²) >= 11 is 1.49. The van der Waals surface area contributed by atoms with Crippen molar-refractivity contribution in [3.05, 3.63) is 15.6 Å². The summed E-state index contributed by atoms with van der Waals surface area (Å²) < 4.78 is 0. The first kappa shape index (κ1) is 16.4. The largest absolute Gasteiger partial charge is 0.344 e. The molecule has 2 heterocycles. The van der Waals surface area contributed by atoms with Crippen LogP contribution in [0.2, 0.25) is 0 Å². The Hall–Kier alpha value is -1.47. The molecule has 0 radical (unpaired) electrons. The Bertz CT molecular complexity index is 601. The smallest absolute Gasteiger partial charge is 0.265 e. The average molecular weight is 336 g/mol. The molecule has 1 saturated carbocycles. The molecule has 2 amide bonds. The van der Waals surface area contributed by atoms with Gasteiger partial charge in [0.2, 0.25) is 5.91 Å². The number of piperazine rings is 1. The molecule has 1 aromatic heterocycles. The van der Waals surface area contributed by atoms with Crippen LogP contribution in [0.1, 0.15) is 33.2 Å². The van der Waals surface area contributed by atoms with Crippen molar-refractivity contribution in [3.63, 3.8) is 0 Å². The fourth-order valence-electron chi connectivity index (χ4n) is 2.83. The van der Waals surface area contributed by atoms with Crippen LogP contribution >= 0.6 is 11.3 Å². The number of hydrogen-bond donors (Lipinski definition) is 0. The van der Waals surface area contributed by atoms with Gasteiger partial charge in [0, 0.05) is 46.2 Å². The topological polar surface area (TPSA) is 56.8 Å². The zero-order chi connectivity index (χ0) is 16.6. The molecule has 2 fully saturated rings. The second-order valence-corrected chi connectivity index (χ2v) is 7.68.